The first kappa shape index (κ1) is 18.6. The average molecular weight is 276 g/mol. The predicted molar refractivity (Wildman–Crippen MR) is 91.5 cm³/mol. The van der Waals surface area contributed by atoms with Gasteiger partial charge in [0.15, 0.2) is 0 Å². The molecule has 2 nitrogen and oxygen atoms in total. The van der Waals surface area contributed by atoms with Gasteiger partial charge in [-0.05, 0) is 31.3 Å². The van der Waals surface area contributed by atoms with E-state index in [9.17, 15) is 0 Å². The van der Waals surface area contributed by atoms with Crippen LogP contribution in [-0.4, -0.2) is 14.1 Å². The van der Waals surface area contributed by atoms with Crippen molar-refractivity contribution in [3.05, 3.63) is 48.4 Å². The molecule has 2 heteroatoms. The number of hydrogen-bond acceptors (Lipinski definition) is 2. The third-order valence-electron chi connectivity index (χ3n) is 3.53. The van der Waals surface area contributed by atoms with Crippen LogP contribution in [0.3, 0.4) is 0 Å². The third-order valence-corrected chi connectivity index (χ3v) is 3.53. The summed E-state index contributed by atoms with van der Waals surface area (Å²) in [5.74, 6) is 0.828. The second kappa shape index (κ2) is 11.4. The van der Waals surface area contributed by atoms with Gasteiger partial charge in [-0.15, -0.1) is 0 Å². The van der Waals surface area contributed by atoms with Crippen LogP contribution in [0.1, 0.15) is 46.0 Å². The summed E-state index contributed by atoms with van der Waals surface area (Å²) in [4.78, 5) is 0. The van der Waals surface area contributed by atoms with E-state index in [0.717, 1.165) is 30.2 Å². The first-order chi connectivity index (χ1) is 9.53. The van der Waals surface area contributed by atoms with E-state index in [4.69, 9.17) is 0 Å². The van der Waals surface area contributed by atoms with Gasteiger partial charge in [-0.2, -0.15) is 0 Å². The van der Waals surface area contributed by atoms with Gasteiger partial charge in [0.25, 0.3) is 0 Å². The van der Waals surface area contributed by atoms with Crippen molar-refractivity contribution in [2.24, 2.45) is 5.92 Å². The van der Waals surface area contributed by atoms with E-state index in [2.05, 4.69) is 49.8 Å². The monoisotopic (exact) mass is 276 g/mol. The molecule has 0 aromatic rings. The lowest BCUT2D eigenvalue weighted by atomic mass is 10.0. The van der Waals surface area contributed by atoms with Crippen molar-refractivity contribution in [1.82, 2.24) is 10.6 Å². The molecule has 1 atom stereocenters. The Bertz CT molecular complexity index is 350. The normalized spacial score (nSPS) is 13.3. The molecule has 114 valence electrons. The molecule has 0 rings (SSSR count). The lowest BCUT2D eigenvalue weighted by molar-refractivity contribution is 0.521. The maximum Gasteiger partial charge on any atom is 0.0281 e. The third kappa shape index (κ3) is 9.48. The highest BCUT2D eigenvalue weighted by Gasteiger charge is 1.99. The van der Waals surface area contributed by atoms with Gasteiger partial charge in [0.05, 0.1) is 0 Å². The molecule has 0 saturated carbocycles. The number of rotatable bonds is 11. The van der Waals surface area contributed by atoms with Gasteiger partial charge in [-0.25, -0.2) is 0 Å². The summed E-state index contributed by atoms with van der Waals surface area (Å²) in [6, 6.07) is 0. The Morgan fingerprint density at radius 1 is 1.15 bits per heavy atom. The molecular weight excluding hydrogens is 244 g/mol. The highest BCUT2D eigenvalue weighted by molar-refractivity contribution is 5.22. The van der Waals surface area contributed by atoms with Crippen LogP contribution in [-0.2, 0) is 0 Å². The minimum Gasteiger partial charge on any atom is -0.391 e. The Labute approximate surface area is 125 Å². The van der Waals surface area contributed by atoms with E-state index in [-0.39, 0.29) is 0 Å². The summed E-state index contributed by atoms with van der Waals surface area (Å²) in [5.41, 5.74) is 3.27. The smallest absolute Gasteiger partial charge is 0.0281 e. The van der Waals surface area contributed by atoms with Crippen molar-refractivity contribution in [2.45, 2.75) is 46.0 Å². The highest BCUT2D eigenvalue weighted by Crippen LogP contribution is 2.13. The van der Waals surface area contributed by atoms with Crippen LogP contribution in [0, 0.1) is 5.92 Å². The fourth-order valence-electron chi connectivity index (χ4n) is 1.79. The van der Waals surface area contributed by atoms with Crippen LogP contribution in [0.4, 0.5) is 0 Å². The van der Waals surface area contributed by atoms with Gasteiger partial charge in [0.2, 0.25) is 0 Å². The molecule has 0 heterocycles. The zero-order valence-corrected chi connectivity index (χ0v) is 13.8. The second-order valence-electron chi connectivity index (χ2n) is 5.39. The van der Waals surface area contributed by atoms with Crippen molar-refractivity contribution in [3.63, 3.8) is 0 Å². The number of hydrogen-bond donors (Lipinski definition) is 2. The van der Waals surface area contributed by atoms with E-state index in [1.165, 1.54) is 24.8 Å². The predicted octanol–water partition coefficient (Wildman–Crippen LogP) is 4.54. The van der Waals surface area contributed by atoms with Crippen LogP contribution in [0.25, 0.3) is 0 Å². The summed E-state index contributed by atoms with van der Waals surface area (Å²) in [7, 11) is 3.81. The molecular formula is C18H32N2. The van der Waals surface area contributed by atoms with Crippen LogP contribution in [0.2, 0.25) is 0 Å². The van der Waals surface area contributed by atoms with Crippen molar-refractivity contribution in [1.29, 1.82) is 0 Å². The lowest BCUT2D eigenvalue weighted by Gasteiger charge is -2.09. The Morgan fingerprint density at radius 2 is 1.85 bits per heavy atom. The second-order valence-corrected chi connectivity index (χ2v) is 5.39. The maximum absolute atomic E-state index is 4.14. The summed E-state index contributed by atoms with van der Waals surface area (Å²) in [6.45, 7) is 12.6. The van der Waals surface area contributed by atoms with Crippen LogP contribution in [0.5, 0.6) is 0 Å². The molecule has 0 amide bonds. The van der Waals surface area contributed by atoms with Gasteiger partial charge in [0.1, 0.15) is 0 Å². The quantitative estimate of drug-likeness (QED) is 0.427. The first-order valence-electron chi connectivity index (χ1n) is 7.60. The minimum absolute atomic E-state index is 0.828. The molecule has 0 radical (unpaired) electrons. The molecule has 2 N–H and O–H groups in total. The summed E-state index contributed by atoms with van der Waals surface area (Å²) in [6.07, 6.45) is 12.1. The average Bonchev–Trinajstić information content (AvgIpc) is 2.45. The van der Waals surface area contributed by atoms with Crippen molar-refractivity contribution in [3.8, 4) is 0 Å². The summed E-state index contributed by atoms with van der Waals surface area (Å²) >= 11 is 0. The fraction of sp³-hybridized carbons (Fsp3) is 0.556. The molecule has 0 aliphatic heterocycles. The maximum atomic E-state index is 4.14. The highest BCUT2D eigenvalue weighted by atomic mass is 14.9. The summed E-state index contributed by atoms with van der Waals surface area (Å²) < 4.78 is 0. The Kier molecular flexibility index (Phi) is 10.6. The molecule has 0 aromatic heterocycles. The van der Waals surface area contributed by atoms with Gasteiger partial charge in [0, 0.05) is 31.9 Å². The van der Waals surface area contributed by atoms with E-state index in [1.807, 2.05) is 20.2 Å². The molecule has 0 aromatic carbocycles. The van der Waals surface area contributed by atoms with Gasteiger partial charge in [-0.3, -0.25) is 0 Å². The van der Waals surface area contributed by atoms with Gasteiger partial charge in [-0.1, -0.05) is 51.2 Å². The molecule has 0 bridgehead atoms. The molecule has 0 saturated heterocycles. The zero-order valence-electron chi connectivity index (χ0n) is 13.8. The van der Waals surface area contributed by atoms with E-state index in [1.54, 1.807) is 0 Å². The molecule has 0 fully saturated rings. The Morgan fingerprint density at radius 3 is 2.40 bits per heavy atom. The number of nitrogens with one attached hydrogen (secondary N) is 2. The fourth-order valence-corrected chi connectivity index (χ4v) is 1.79. The van der Waals surface area contributed by atoms with Gasteiger partial charge < -0.3 is 10.6 Å². The van der Waals surface area contributed by atoms with Gasteiger partial charge >= 0.3 is 0 Å². The molecule has 1 unspecified atom stereocenters. The van der Waals surface area contributed by atoms with E-state index >= 15 is 0 Å². The standard InChI is InChI=1S/C18H32N2/c1-7-15(2)11-9-8-10-12-16(3)13-18(20-6)14-17(4)19-5/h8,10,14-15,19-20H,3-4,7,9,11-13H2,1-2,5-6H3/b10-8?,18-14-. The van der Waals surface area contributed by atoms with Crippen LogP contribution < -0.4 is 10.6 Å². The van der Waals surface area contributed by atoms with Crippen molar-refractivity contribution < 1.29 is 0 Å². The SMILES string of the molecule is C=C(CC=CCCC(C)CC)C/C(=C/C(=C)NC)NC. The molecule has 0 spiro atoms. The number of allylic oxidation sites excluding steroid dienone is 4. The van der Waals surface area contributed by atoms with E-state index < -0.39 is 0 Å². The van der Waals surface area contributed by atoms with Crippen molar-refractivity contribution >= 4 is 0 Å². The van der Waals surface area contributed by atoms with Crippen LogP contribution in [0.15, 0.2) is 48.4 Å². The largest absolute Gasteiger partial charge is 0.391 e. The molecule has 20 heavy (non-hydrogen) atoms. The Hall–Kier alpha value is -1.44. The number of likely N-dealkylation sites (N-methyl/N-ethyl adjacent to an activating group) is 1. The summed E-state index contributed by atoms with van der Waals surface area (Å²) in [5, 5.41) is 6.22. The topological polar surface area (TPSA) is 24.1 Å². The zero-order chi connectivity index (χ0) is 15.4. The minimum atomic E-state index is 0.828. The first-order valence-corrected chi connectivity index (χ1v) is 7.60. The molecule has 0 aliphatic carbocycles. The van der Waals surface area contributed by atoms with Crippen LogP contribution >= 0.6 is 0 Å². The molecule has 0 aliphatic rings. The van der Waals surface area contributed by atoms with Crippen molar-refractivity contribution in [2.75, 3.05) is 14.1 Å². The Balaban J connectivity index is 4.06. The van der Waals surface area contributed by atoms with E-state index in [0.29, 0.717) is 0 Å². The lowest BCUT2D eigenvalue weighted by Crippen LogP contribution is -2.10.